The van der Waals surface area contributed by atoms with Gasteiger partial charge in [0, 0.05) is 5.92 Å². The molecule has 1 aliphatic carbocycles. The van der Waals surface area contributed by atoms with Crippen LogP contribution in [-0.2, 0) is 4.79 Å². The normalized spacial score (nSPS) is 15.2. The molecule has 0 radical (unpaired) electrons. The molecule has 1 fully saturated rings. The van der Waals surface area contributed by atoms with E-state index in [-0.39, 0.29) is 23.2 Å². The van der Waals surface area contributed by atoms with Crippen molar-refractivity contribution in [2.24, 2.45) is 11.0 Å². The minimum Gasteiger partial charge on any atom is -0.406 e. The van der Waals surface area contributed by atoms with Crippen molar-refractivity contribution >= 4 is 17.2 Å². The number of anilines is 1. The molecule has 8 heteroatoms. The van der Waals surface area contributed by atoms with E-state index >= 15 is 0 Å². The van der Waals surface area contributed by atoms with Gasteiger partial charge in [-0.05, 0) is 37.1 Å². The second-order valence-electron chi connectivity index (χ2n) is 4.39. The summed E-state index contributed by atoms with van der Waals surface area (Å²) < 4.78 is 39.6. The van der Waals surface area contributed by atoms with Crippen LogP contribution in [0.1, 0.15) is 12.8 Å². The van der Waals surface area contributed by atoms with Crippen LogP contribution >= 0.6 is 0 Å². The van der Waals surface area contributed by atoms with Crippen molar-refractivity contribution in [1.82, 2.24) is 0 Å². The Balaban J connectivity index is 1.99. The maximum absolute atomic E-state index is 12.0. The molecule has 0 unspecified atom stereocenters. The van der Waals surface area contributed by atoms with Crippen LogP contribution < -0.4 is 10.2 Å². The quantitative estimate of drug-likeness (QED) is 0.670. The lowest BCUT2D eigenvalue weighted by Crippen LogP contribution is -2.17. The number of nitrogens with zero attached hydrogens (tertiary/aromatic N) is 2. The summed E-state index contributed by atoms with van der Waals surface area (Å²) in [5, 5.41) is 12.5. The SMILES string of the molecule is N#C/C(=N/Nc1ccc(OC(F)(F)F)cc1)C(=O)C1CC1. The number of hydrogen-bond acceptors (Lipinski definition) is 5. The second kappa shape index (κ2) is 5.83. The van der Waals surface area contributed by atoms with Crippen molar-refractivity contribution in [3.05, 3.63) is 24.3 Å². The van der Waals surface area contributed by atoms with Gasteiger partial charge in [-0.15, -0.1) is 13.2 Å². The van der Waals surface area contributed by atoms with Crippen LogP contribution in [0.5, 0.6) is 5.75 Å². The molecule has 1 saturated carbocycles. The van der Waals surface area contributed by atoms with Gasteiger partial charge in [0.1, 0.15) is 11.8 Å². The lowest BCUT2D eigenvalue weighted by molar-refractivity contribution is -0.274. The Morgan fingerprint density at radius 3 is 2.43 bits per heavy atom. The third kappa shape index (κ3) is 4.49. The lowest BCUT2D eigenvalue weighted by Gasteiger charge is -2.09. The van der Waals surface area contributed by atoms with E-state index < -0.39 is 6.36 Å². The average Bonchev–Trinajstić information content (AvgIpc) is 3.23. The summed E-state index contributed by atoms with van der Waals surface area (Å²) in [5.41, 5.74) is 2.55. The zero-order valence-electron chi connectivity index (χ0n) is 10.6. The van der Waals surface area contributed by atoms with Gasteiger partial charge in [-0.2, -0.15) is 10.4 Å². The van der Waals surface area contributed by atoms with Crippen molar-refractivity contribution in [3.8, 4) is 11.8 Å². The number of Topliss-reactive ketones (excluding diaryl/α,β-unsaturated/α-hetero) is 1. The Labute approximate surface area is 118 Å². The molecule has 21 heavy (non-hydrogen) atoms. The number of hydrogen-bond donors (Lipinski definition) is 1. The monoisotopic (exact) mass is 297 g/mol. The minimum absolute atomic E-state index is 0.132. The summed E-state index contributed by atoms with van der Waals surface area (Å²) in [6.07, 6.45) is -3.25. The smallest absolute Gasteiger partial charge is 0.406 e. The van der Waals surface area contributed by atoms with E-state index in [4.69, 9.17) is 5.26 Å². The van der Waals surface area contributed by atoms with Gasteiger partial charge in [-0.1, -0.05) is 0 Å². The van der Waals surface area contributed by atoms with Gasteiger partial charge >= 0.3 is 6.36 Å². The fourth-order valence-corrected chi connectivity index (χ4v) is 1.53. The number of ketones is 1. The van der Waals surface area contributed by atoms with Gasteiger partial charge in [0.25, 0.3) is 0 Å². The zero-order valence-corrected chi connectivity index (χ0v) is 10.6. The molecule has 1 aromatic rings. The molecule has 0 aromatic heterocycles. The van der Waals surface area contributed by atoms with Gasteiger partial charge in [0.15, 0.2) is 5.78 Å². The highest BCUT2D eigenvalue weighted by Gasteiger charge is 2.33. The van der Waals surface area contributed by atoms with Crippen LogP contribution in [0, 0.1) is 17.2 Å². The fourth-order valence-electron chi connectivity index (χ4n) is 1.53. The highest BCUT2D eigenvalue weighted by atomic mass is 19.4. The highest BCUT2D eigenvalue weighted by molar-refractivity contribution is 6.47. The lowest BCUT2D eigenvalue weighted by atomic mass is 10.2. The Hall–Kier alpha value is -2.56. The standard InChI is InChI=1S/C13H10F3N3O2/c14-13(15,16)21-10-5-3-9(4-6-10)18-19-11(7-17)12(20)8-1-2-8/h3-6,8,18H,1-2H2/b19-11-. The molecule has 0 heterocycles. The van der Waals surface area contributed by atoms with Gasteiger partial charge in [0.05, 0.1) is 5.69 Å². The molecule has 0 bridgehead atoms. The Morgan fingerprint density at radius 1 is 1.33 bits per heavy atom. The van der Waals surface area contributed by atoms with Crippen LogP contribution in [-0.4, -0.2) is 17.9 Å². The largest absolute Gasteiger partial charge is 0.573 e. The van der Waals surface area contributed by atoms with Crippen LogP contribution in [0.4, 0.5) is 18.9 Å². The first kappa shape index (κ1) is 14.8. The number of ether oxygens (including phenoxy) is 1. The zero-order chi connectivity index (χ0) is 15.5. The van der Waals surface area contributed by atoms with Crippen molar-refractivity contribution in [3.63, 3.8) is 0 Å². The number of rotatable bonds is 5. The van der Waals surface area contributed by atoms with Crippen LogP contribution in [0.15, 0.2) is 29.4 Å². The molecule has 0 amide bonds. The Bertz CT molecular complexity index is 599. The van der Waals surface area contributed by atoms with Gasteiger partial charge in [-0.25, -0.2) is 0 Å². The molecule has 0 atom stereocenters. The highest BCUT2D eigenvalue weighted by Crippen LogP contribution is 2.30. The molecular formula is C13H10F3N3O2. The first-order chi connectivity index (χ1) is 9.89. The molecule has 110 valence electrons. The van der Waals surface area contributed by atoms with E-state index in [1.54, 1.807) is 6.07 Å². The molecule has 0 aliphatic heterocycles. The minimum atomic E-state index is -4.75. The number of carbonyl (C=O) groups excluding carboxylic acids is 1. The van der Waals surface area contributed by atoms with E-state index in [9.17, 15) is 18.0 Å². The predicted octanol–water partition coefficient (Wildman–Crippen LogP) is 2.86. The summed E-state index contributed by atoms with van der Waals surface area (Å²) in [6.45, 7) is 0. The molecule has 0 spiro atoms. The molecule has 1 N–H and O–H groups in total. The molecular weight excluding hydrogens is 287 g/mol. The Kier molecular flexibility index (Phi) is 4.12. The first-order valence-electron chi connectivity index (χ1n) is 6.03. The summed E-state index contributed by atoms with van der Waals surface area (Å²) in [4.78, 5) is 11.6. The molecule has 2 rings (SSSR count). The van der Waals surface area contributed by atoms with Crippen molar-refractivity contribution in [2.45, 2.75) is 19.2 Å². The van der Waals surface area contributed by atoms with E-state index in [1.165, 1.54) is 12.1 Å². The van der Waals surface area contributed by atoms with E-state index in [0.717, 1.165) is 25.0 Å². The van der Waals surface area contributed by atoms with Crippen molar-refractivity contribution < 1.29 is 22.7 Å². The van der Waals surface area contributed by atoms with Crippen LogP contribution in [0.3, 0.4) is 0 Å². The van der Waals surface area contributed by atoms with Gasteiger partial charge in [-0.3, -0.25) is 10.2 Å². The summed E-state index contributed by atoms with van der Waals surface area (Å²) >= 11 is 0. The van der Waals surface area contributed by atoms with E-state index in [1.807, 2.05) is 0 Å². The van der Waals surface area contributed by atoms with Crippen molar-refractivity contribution in [1.29, 1.82) is 5.26 Å². The topological polar surface area (TPSA) is 74.5 Å². The maximum Gasteiger partial charge on any atom is 0.573 e. The average molecular weight is 297 g/mol. The van der Waals surface area contributed by atoms with Crippen LogP contribution in [0.25, 0.3) is 0 Å². The summed E-state index contributed by atoms with van der Waals surface area (Å²) in [7, 11) is 0. The van der Waals surface area contributed by atoms with Gasteiger partial charge in [0.2, 0.25) is 5.71 Å². The van der Waals surface area contributed by atoms with Crippen molar-refractivity contribution in [2.75, 3.05) is 5.43 Å². The molecule has 1 aromatic carbocycles. The number of halogens is 3. The third-order valence-corrected chi connectivity index (χ3v) is 2.67. The summed E-state index contributed by atoms with van der Waals surface area (Å²) in [5.74, 6) is -0.818. The number of nitrogens with one attached hydrogen (secondary N) is 1. The third-order valence-electron chi connectivity index (χ3n) is 2.67. The van der Waals surface area contributed by atoms with Gasteiger partial charge < -0.3 is 4.74 Å². The number of benzene rings is 1. The van der Waals surface area contributed by atoms with E-state index in [2.05, 4.69) is 15.3 Å². The predicted molar refractivity (Wildman–Crippen MR) is 67.5 cm³/mol. The summed E-state index contributed by atoms with van der Waals surface area (Å²) in [6, 6.07) is 6.48. The Morgan fingerprint density at radius 2 is 1.95 bits per heavy atom. The van der Waals surface area contributed by atoms with Crippen LogP contribution in [0.2, 0.25) is 0 Å². The maximum atomic E-state index is 12.0. The number of hydrazone groups is 1. The second-order valence-corrected chi connectivity index (χ2v) is 4.39. The molecule has 5 nitrogen and oxygen atoms in total. The van der Waals surface area contributed by atoms with E-state index in [0.29, 0.717) is 5.69 Å². The number of alkyl halides is 3. The first-order valence-corrected chi connectivity index (χ1v) is 6.03. The number of nitriles is 1. The molecule has 1 aliphatic rings. The number of carbonyl (C=O) groups is 1. The fraction of sp³-hybridized carbons (Fsp3) is 0.308. The molecule has 0 saturated heterocycles.